The van der Waals surface area contributed by atoms with Crippen LogP contribution in [0.4, 0.5) is 0 Å². The minimum absolute atomic E-state index is 0.0736. The van der Waals surface area contributed by atoms with Gasteiger partial charge in [0.15, 0.2) is 0 Å². The van der Waals surface area contributed by atoms with E-state index in [4.69, 9.17) is 15.4 Å². The molecule has 0 saturated heterocycles. The Morgan fingerprint density at radius 2 is 1.86 bits per heavy atom. The van der Waals surface area contributed by atoms with Crippen LogP contribution >= 0.6 is 10.7 Å². The van der Waals surface area contributed by atoms with Crippen molar-refractivity contribution in [1.29, 1.82) is 0 Å². The van der Waals surface area contributed by atoms with Crippen molar-refractivity contribution in [2.45, 2.75) is 6.61 Å². The van der Waals surface area contributed by atoms with Gasteiger partial charge in [0, 0.05) is 10.7 Å². The third-order valence-corrected chi connectivity index (χ3v) is 2.19. The van der Waals surface area contributed by atoms with Gasteiger partial charge in [0.1, 0.15) is 5.75 Å². The lowest BCUT2D eigenvalue weighted by Gasteiger charge is -2.02. The van der Waals surface area contributed by atoms with Crippen LogP contribution < -0.4 is 4.74 Å². The lowest BCUT2D eigenvalue weighted by atomic mass is 10.2. The number of halogens is 1. The summed E-state index contributed by atoms with van der Waals surface area (Å²) in [5.74, 6) is 0.697. The molecule has 0 bridgehead atoms. The highest BCUT2D eigenvalue weighted by molar-refractivity contribution is 8.09. The van der Waals surface area contributed by atoms with Crippen molar-refractivity contribution >= 4 is 20.0 Å². The van der Waals surface area contributed by atoms with Crippen molar-refractivity contribution in [2.24, 2.45) is 0 Å². The van der Waals surface area contributed by atoms with E-state index < -0.39 is 9.33 Å². The van der Waals surface area contributed by atoms with Gasteiger partial charge in [-0.1, -0.05) is 12.1 Å². The van der Waals surface area contributed by atoms with Gasteiger partial charge >= 0.3 is 9.33 Å². The van der Waals surface area contributed by atoms with Crippen molar-refractivity contribution < 1.29 is 17.3 Å². The van der Waals surface area contributed by atoms with Gasteiger partial charge in [-0.2, -0.15) is 8.42 Å². The quantitative estimate of drug-likeness (QED) is 0.747. The number of hydrogen-bond donors (Lipinski definition) is 0. The van der Waals surface area contributed by atoms with E-state index >= 15 is 0 Å². The fourth-order valence-corrected chi connectivity index (χ4v) is 1.27. The Morgan fingerprint density at radius 1 is 1.29 bits per heavy atom. The first-order chi connectivity index (χ1) is 6.51. The Kier molecular flexibility index (Phi) is 3.74. The van der Waals surface area contributed by atoms with E-state index in [0.717, 1.165) is 0 Å². The van der Waals surface area contributed by atoms with Crippen LogP contribution in [0.15, 0.2) is 24.3 Å². The van der Waals surface area contributed by atoms with Crippen LogP contribution in [-0.2, 0) is 20.1 Å². The van der Waals surface area contributed by atoms with Crippen molar-refractivity contribution in [2.75, 3.05) is 7.11 Å². The van der Waals surface area contributed by atoms with Crippen molar-refractivity contribution in [1.82, 2.24) is 0 Å². The van der Waals surface area contributed by atoms with Crippen LogP contribution in [-0.4, -0.2) is 15.5 Å². The average molecular weight is 237 g/mol. The molecule has 1 aromatic rings. The smallest absolute Gasteiger partial charge is 0.355 e. The van der Waals surface area contributed by atoms with Gasteiger partial charge < -0.3 is 4.74 Å². The molecule has 0 aliphatic rings. The maximum atomic E-state index is 10.4. The van der Waals surface area contributed by atoms with E-state index in [9.17, 15) is 8.42 Å². The fraction of sp³-hybridized carbons (Fsp3) is 0.250. The summed E-state index contributed by atoms with van der Waals surface area (Å²) in [4.78, 5) is 0. The molecule has 0 aliphatic heterocycles. The Balaban J connectivity index is 2.61. The van der Waals surface area contributed by atoms with Crippen molar-refractivity contribution in [3.63, 3.8) is 0 Å². The molecule has 0 aromatic heterocycles. The first kappa shape index (κ1) is 11.3. The molecule has 0 aliphatic carbocycles. The molecule has 0 atom stereocenters. The molecule has 6 heteroatoms. The minimum atomic E-state index is -3.90. The molecule has 1 aromatic carbocycles. The van der Waals surface area contributed by atoms with Gasteiger partial charge in [-0.3, -0.25) is 4.18 Å². The maximum Gasteiger partial charge on any atom is 0.355 e. The predicted octanol–water partition coefficient (Wildman–Crippen LogP) is 1.70. The highest BCUT2D eigenvalue weighted by atomic mass is 35.7. The molecule has 4 nitrogen and oxygen atoms in total. The molecular weight excluding hydrogens is 228 g/mol. The van der Waals surface area contributed by atoms with Gasteiger partial charge in [0.25, 0.3) is 0 Å². The lowest BCUT2D eigenvalue weighted by Crippen LogP contribution is -1.97. The molecule has 0 saturated carbocycles. The normalized spacial score (nSPS) is 11.3. The molecule has 0 N–H and O–H groups in total. The molecule has 0 heterocycles. The molecule has 0 amide bonds. The highest BCUT2D eigenvalue weighted by Gasteiger charge is 2.04. The van der Waals surface area contributed by atoms with Crippen LogP contribution in [0.3, 0.4) is 0 Å². The van der Waals surface area contributed by atoms with Gasteiger partial charge in [-0.05, 0) is 17.7 Å². The summed E-state index contributed by atoms with van der Waals surface area (Å²) >= 11 is 0. The minimum Gasteiger partial charge on any atom is -0.497 e. The number of hydrogen-bond acceptors (Lipinski definition) is 4. The van der Waals surface area contributed by atoms with E-state index in [-0.39, 0.29) is 6.61 Å². The predicted molar refractivity (Wildman–Crippen MR) is 52.6 cm³/mol. The number of benzene rings is 1. The van der Waals surface area contributed by atoms with Gasteiger partial charge in [0.2, 0.25) is 0 Å². The molecule has 0 fully saturated rings. The Hall–Kier alpha value is -0.780. The zero-order valence-electron chi connectivity index (χ0n) is 7.44. The standard InChI is InChI=1S/C8H9ClO4S/c1-12-8-4-2-7(3-5-8)6-13-14(9,10)11/h2-5H,6H2,1H3. The van der Waals surface area contributed by atoms with Gasteiger partial charge in [0.05, 0.1) is 13.7 Å². The van der Waals surface area contributed by atoms with E-state index in [1.807, 2.05) is 0 Å². The zero-order valence-corrected chi connectivity index (χ0v) is 9.01. The van der Waals surface area contributed by atoms with Gasteiger partial charge in [-0.15, -0.1) is 0 Å². The van der Waals surface area contributed by atoms with Crippen LogP contribution in [0, 0.1) is 0 Å². The second kappa shape index (κ2) is 4.63. The Bertz CT molecular complexity index is 384. The summed E-state index contributed by atoms with van der Waals surface area (Å²) in [6.45, 7) is -0.0736. The second-order valence-electron chi connectivity index (χ2n) is 2.50. The van der Waals surface area contributed by atoms with E-state index in [1.54, 1.807) is 31.4 Å². The summed E-state index contributed by atoms with van der Waals surface area (Å²) in [6, 6.07) is 6.81. The van der Waals surface area contributed by atoms with Gasteiger partial charge in [-0.25, -0.2) is 0 Å². The lowest BCUT2D eigenvalue weighted by molar-refractivity contribution is 0.318. The Morgan fingerprint density at radius 3 is 2.29 bits per heavy atom. The largest absolute Gasteiger partial charge is 0.497 e. The molecule has 14 heavy (non-hydrogen) atoms. The summed E-state index contributed by atoms with van der Waals surface area (Å²) in [5.41, 5.74) is 0.704. The SMILES string of the molecule is COc1ccc(COS(=O)(=O)Cl)cc1. The summed E-state index contributed by atoms with van der Waals surface area (Å²) in [5, 5.41) is 0. The molecule has 78 valence electrons. The Labute approximate surface area is 87.0 Å². The molecule has 0 spiro atoms. The second-order valence-corrected chi connectivity index (χ2v) is 4.66. The topological polar surface area (TPSA) is 52.6 Å². The van der Waals surface area contributed by atoms with Crippen LogP contribution in [0.25, 0.3) is 0 Å². The number of rotatable bonds is 4. The summed E-state index contributed by atoms with van der Waals surface area (Å²) in [7, 11) is 2.52. The van der Waals surface area contributed by atoms with Crippen LogP contribution in [0.1, 0.15) is 5.56 Å². The van der Waals surface area contributed by atoms with Crippen LogP contribution in [0.5, 0.6) is 5.75 Å². The molecular formula is C8H9ClO4S. The maximum absolute atomic E-state index is 10.4. The number of methoxy groups -OCH3 is 1. The third kappa shape index (κ3) is 3.95. The first-order valence-electron chi connectivity index (χ1n) is 3.73. The third-order valence-electron chi connectivity index (χ3n) is 1.53. The first-order valence-corrected chi connectivity index (χ1v) is 5.96. The fourth-order valence-electron chi connectivity index (χ4n) is 0.860. The molecule has 1 rings (SSSR count). The average Bonchev–Trinajstić information content (AvgIpc) is 2.14. The zero-order chi connectivity index (χ0) is 10.6. The van der Waals surface area contributed by atoms with Crippen LogP contribution in [0.2, 0.25) is 0 Å². The highest BCUT2D eigenvalue weighted by Crippen LogP contribution is 2.13. The van der Waals surface area contributed by atoms with E-state index in [0.29, 0.717) is 11.3 Å². The number of ether oxygens (including phenoxy) is 1. The van der Waals surface area contributed by atoms with Crippen molar-refractivity contribution in [3.8, 4) is 5.75 Å². The monoisotopic (exact) mass is 236 g/mol. The van der Waals surface area contributed by atoms with E-state index in [2.05, 4.69) is 4.18 Å². The molecule has 0 unspecified atom stereocenters. The molecule has 0 radical (unpaired) electrons. The van der Waals surface area contributed by atoms with Crippen molar-refractivity contribution in [3.05, 3.63) is 29.8 Å². The summed E-state index contributed by atoms with van der Waals surface area (Å²) < 4.78 is 30.2. The van der Waals surface area contributed by atoms with E-state index in [1.165, 1.54) is 0 Å². The summed E-state index contributed by atoms with van der Waals surface area (Å²) in [6.07, 6.45) is 0.